The van der Waals surface area contributed by atoms with Crippen LogP contribution in [0.25, 0.3) is 0 Å². The second kappa shape index (κ2) is 7.81. The number of aryl methyl sites for hydroxylation is 1. The van der Waals surface area contributed by atoms with E-state index >= 15 is 0 Å². The number of hydrogen-bond donors (Lipinski definition) is 2. The maximum Gasteiger partial charge on any atom is 0.172 e. The smallest absolute Gasteiger partial charge is 0.172 e. The molecule has 1 atom stereocenters. The first-order valence-corrected chi connectivity index (χ1v) is 8.09. The molecule has 0 radical (unpaired) electrons. The van der Waals surface area contributed by atoms with Crippen LogP contribution in [-0.4, -0.2) is 29.4 Å². The van der Waals surface area contributed by atoms with Crippen molar-refractivity contribution in [2.45, 2.75) is 19.5 Å². The number of methoxy groups -OCH3 is 2. The maximum absolute atomic E-state index is 5.46. The summed E-state index contributed by atoms with van der Waals surface area (Å²) in [4.78, 5) is 4.49. The third kappa shape index (κ3) is 3.97. The van der Waals surface area contributed by atoms with Gasteiger partial charge in [-0.1, -0.05) is 30.3 Å². The molecule has 130 valence electrons. The third-order valence-electron chi connectivity index (χ3n) is 3.99. The summed E-state index contributed by atoms with van der Waals surface area (Å²) in [6.07, 6.45) is 0. The van der Waals surface area contributed by atoms with Gasteiger partial charge in [-0.25, -0.2) is 4.98 Å². The van der Waals surface area contributed by atoms with Crippen LogP contribution in [0.1, 0.15) is 28.8 Å². The Morgan fingerprint density at radius 1 is 1.08 bits per heavy atom. The number of ether oxygens (including phenoxy) is 2. The summed E-state index contributed by atoms with van der Waals surface area (Å²) in [5.41, 5.74) is 2.11. The minimum Gasteiger partial charge on any atom is -0.497 e. The zero-order valence-electron chi connectivity index (χ0n) is 14.6. The Bertz CT molecular complexity index is 817. The van der Waals surface area contributed by atoms with Crippen molar-refractivity contribution < 1.29 is 9.47 Å². The van der Waals surface area contributed by atoms with Crippen LogP contribution in [0.15, 0.2) is 48.5 Å². The Balaban J connectivity index is 1.87. The molecule has 0 aliphatic heterocycles. The van der Waals surface area contributed by atoms with E-state index in [-0.39, 0.29) is 6.04 Å². The van der Waals surface area contributed by atoms with E-state index in [1.165, 1.54) is 0 Å². The summed E-state index contributed by atoms with van der Waals surface area (Å²) < 4.78 is 10.8. The first-order chi connectivity index (χ1) is 12.2. The number of H-pyrrole nitrogens is 1. The molecule has 0 fully saturated rings. The highest BCUT2D eigenvalue weighted by Gasteiger charge is 2.18. The zero-order chi connectivity index (χ0) is 17.6. The van der Waals surface area contributed by atoms with Crippen molar-refractivity contribution in [2.75, 3.05) is 14.2 Å². The second-order valence-electron chi connectivity index (χ2n) is 5.68. The average molecular weight is 338 g/mol. The van der Waals surface area contributed by atoms with Crippen molar-refractivity contribution in [3.8, 4) is 11.5 Å². The normalized spacial score (nSPS) is 12.0. The topological polar surface area (TPSA) is 72.1 Å². The van der Waals surface area contributed by atoms with Crippen LogP contribution < -0.4 is 14.8 Å². The van der Waals surface area contributed by atoms with Gasteiger partial charge in [0.1, 0.15) is 17.3 Å². The van der Waals surface area contributed by atoms with Gasteiger partial charge in [-0.2, -0.15) is 5.10 Å². The minimum atomic E-state index is -0.123. The zero-order valence-corrected chi connectivity index (χ0v) is 14.6. The molecule has 0 aliphatic carbocycles. The molecular weight excluding hydrogens is 316 g/mol. The second-order valence-corrected chi connectivity index (χ2v) is 5.68. The lowest BCUT2D eigenvalue weighted by Gasteiger charge is -2.18. The molecule has 1 heterocycles. The lowest BCUT2D eigenvalue weighted by Crippen LogP contribution is -2.23. The van der Waals surface area contributed by atoms with Gasteiger partial charge in [0.15, 0.2) is 5.82 Å². The van der Waals surface area contributed by atoms with Crippen molar-refractivity contribution in [3.05, 3.63) is 71.3 Å². The van der Waals surface area contributed by atoms with Crippen LogP contribution in [0.2, 0.25) is 0 Å². The molecule has 0 aliphatic rings. The lowest BCUT2D eigenvalue weighted by atomic mass is 10.1. The molecular formula is C19H22N4O2. The molecule has 2 aromatic carbocycles. The molecule has 0 bridgehead atoms. The molecule has 0 saturated heterocycles. The molecule has 0 saturated carbocycles. The van der Waals surface area contributed by atoms with E-state index in [2.05, 4.69) is 32.6 Å². The highest BCUT2D eigenvalue weighted by molar-refractivity contribution is 5.40. The van der Waals surface area contributed by atoms with Crippen LogP contribution in [0.4, 0.5) is 0 Å². The quantitative estimate of drug-likeness (QED) is 0.693. The van der Waals surface area contributed by atoms with Crippen molar-refractivity contribution in [1.82, 2.24) is 20.5 Å². The summed E-state index contributed by atoms with van der Waals surface area (Å²) >= 11 is 0. The van der Waals surface area contributed by atoms with Crippen molar-refractivity contribution >= 4 is 0 Å². The van der Waals surface area contributed by atoms with Gasteiger partial charge in [-0.3, -0.25) is 10.4 Å². The highest BCUT2D eigenvalue weighted by atomic mass is 16.5. The average Bonchev–Trinajstić information content (AvgIpc) is 3.08. The molecule has 6 heteroatoms. The van der Waals surface area contributed by atoms with Crippen molar-refractivity contribution in [2.24, 2.45) is 0 Å². The fraction of sp³-hybridized carbons (Fsp3) is 0.263. The van der Waals surface area contributed by atoms with E-state index in [9.17, 15) is 0 Å². The Morgan fingerprint density at radius 2 is 1.88 bits per heavy atom. The van der Waals surface area contributed by atoms with E-state index in [0.717, 1.165) is 28.5 Å². The summed E-state index contributed by atoms with van der Waals surface area (Å²) in [7, 11) is 3.32. The summed E-state index contributed by atoms with van der Waals surface area (Å²) in [5, 5.41) is 10.8. The predicted octanol–water partition coefficient (Wildman–Crippen LogP) is 3.01. The Morgan fingerprint density at radius 3 is 2.52 bits per heavy atom. The van der Waals surface area contributed by atoms with Crippen molar-refractivity contribution in [1.29, 1.82) is 0 Å². The first-order valence-electron chi connectivity index (χ1n) is 8.09. The van der Waals surface area contributed by atoms with Crippen LogP contribution in [0.5, 0.6) is 11.5 Å². The molecule has 1 aromatic heterocycles. The number of benzene rings is 2. The number of nitrogens with one attached hydrogen (secondary N) is 2. The van der Waals surface area contributed by atoms with E-state index in [0.29, 0.717) is 12.4 Å². The van der Waals surface area contributed by atoms with Gasteiger partial charge in [0.25, 0.3) is 0 Å². The monoisotopic (exact) mass is 338 g/mol. The molecule has 3 aromatic rings. The van der Waals surface area contributed by atoms with Crippen LogP contribution >= 0.6 is 0 Å². The van der Waals surface area contributed by atoms with E-state index in [1.54, 1.807) is 14.2 Å². The predicted molar refractivity (Wildman–Crippen MR) is 95.8 cm³/mol. The largest absolute Gasteiger partial charge is 0.497 e. The van der Waals surface area contributed by atoms with Gasteiger partial charge < -0.3 is 9.47 Å². The van der Waals surface area contributed by atoms with Gasteiger partial charge in [-0.05, 0) is 30.7 Å². The number of aromatic nitrogens is 3. The van der Waals surface area contributed by atoms with Gasteiger partial charge in [0.05, 0.1) is 20.3 Å². The van der Waals surface area contributed by atoms with E-state index < -0.39 is 0 Å². The van der Waals surface area contributed by atoms with Gasteiger partial charge in [0, 0.05) is 12.1 Å². The molecule has 0 amide bonds. The molecule has 3 rings (SSSR count). The van der Waals surface area contributed by atoms with Crippen LogP contribution in [-0.2, 0) is 6.54 Å². The van der Waals surface area contributed by atoms with Gasteiger partial charge in [-0.15, -0.1) is 0 Å². The van der Waals surface area contributed by atoms with Crippen LogP contribution in [0, 0.1) is 6.92 Å². The fourth-order valence-corrected chi connectivity index (χ4v) is 2.72. The lowest BCUT2D eigenvalue weighted by molar-refractivity contribution is 0.396. The SMILES string of the molecule is COc1ccc(OC)c(CN[C@@H](c2ccccc2)c2n[nH]c(C)n2)c1. The Labute approximate surface area is 147 Å². The number of hydrogen-bond acceptors (Lipinski definition) is 5. The third-order valence-corrected chi connectivity index (χ3v) is 3.99. The minimum absolute atomic E-state index is 0.123. The number of nitrogens with zero attached hydrogens (tertiary/aromatic N) is 2. The van der Waals surface area contributed by atoms with Crippen molar-refractivity contribution in [3.63, 3.8) is 0 Å². The standard InChI is InChI=1S/C19H22N4O2/c1-13-21-19(23-22-13)18(14-7-5-4-6-8-14)20-12-15-11-16(24-2)9-10-17(15)25-3/h4-11,18,20H,12H2,1-3H3,(H,21,22,23)/t18-/m0/s1. The van der Waals surface area contributed by atoms with E-state index in [4.69, 9.17) is 9.47 Å². The Kier molecular flexibility index (Phi) is 5.30. The molecule has 6 nitrogen and oxygen atoms in total. The summed E-state index contributed by atoms with van der Waals surface area (Å²) in [6, 6.07) is 15.8. The number of rotatable bonds is 7. The van der Waals surface area contributed by atoms with Gasteiger partial charge >= 0.3 is 0 Å². The van der Waals surface area contributed by atoms with Gasteiger partial charge in [0.2, 0.25) is 0 Å². The Hall–Kier alpha value is -2.86. The summed E-state index contributed by atoms with van der Waals surface area (Å²) in [5.74, 6) is 3.11. The van der Waals surface area contributed by atoms with Crippen LogP contribution in [0.3, 0.4) is 0 Å². The number of aromatic amines is 1. The highest BCUT2D eigenvalue weighted by Crippen LogP contribution is 2.26. The molecule has 0 unspecified atom stereocenters. The first kappa shape index (κ1) is 17.0. The molecule has 25 heavy (non-hydrogen) atoms. The summed E-state index contributed by atoms with van der Waals surface area (Å²) in [6.45, 7) is 2.48. The van der Waals surface area contributed by atoms with E-state index in [1.807, 2.05) is 43.3 Å². The molecule has 2 N–H and O–H groups in total. The maximum atomic E-state index is 5.46. The fourth-order valence-electron chi connectivity index (χ4n) is 2.72. The molecule has 0 spiro atoms.